The van der Waals surface area contributed by atoms with Gasteiger partial charge < -0.3 is 15.7 Å². The fraction of sp³-hybridized carbons (Fsp3) is 0.400. The summed E-state index contributed by atoms with van der Waals surface area (Å²) in [4.78, 5) is 33.5. The molecule has 0 spiro atoms. The number of hydrogen-bond acceptors (Lipinski definition) is 5. The number of primary amides is 1. The zero-order chi connectivity index (χ0) is 19.6. The third-order valence-electron chi connectivity index (χ3n) is 5.06. The van der Waals surface area contributed by atoms with Crippen LogP contribution in [0.4, 0.5) is 5.69 Å². The summed E-state index contributed by atoms with van der Waals surface area (Å²) >= 11 is 0. The van der Waals surface area contributed by atoms with E-state index in [2.05, 4.69) is 14.9 Å². The molecule has 1 fully saturated rings. The van der Waals surface area contributed by atoms with Crippen LogP contribution in [0.25, 0.3) is 11.3 Å². The Morgan fingerprint density at radius 1 is 1.11 bits per heavy atom. The Morgan fingerprint density at radius 3 is 2.30 bits per heavy atom. The predicted octanol–water partition coefficient (Wildman–Crippen LogP) is 2.55. The molecule has 0 radical (unpaired) electrons. The lowest BCUT2D eigenvalue weighted by Crippen LogP contribution is -2.34. The largest absolute Gasteiger partial charge is 0.481 e. The minimum absolute atomic E-state index is 0.195. The van der Waals surface area contributed by atoms with Crippen LogP contribution >= 0.6 is 0 Å². The van der Waals surface area contributed by atoms with Gasteiger partial charge in [0.05, 0.1) is 17.1 Å². The number of carboxylic acids is 1. The van der Waals surface area contributed by atoms with Gasteiger partial charge in [-0.25, -0.2) is 4.98 Å². The van der Waals surface area contributed by atoms with Crippen LogP contribution in [0.15, 0.2) is 24.3 Å². The molecule has 1 aliphatic rings. The average Bonchev–Trinajstić information content (AvgIpc) is 2.62. The van der Waals surface area contributed by atoms with E-state index >= 15 is 0 Å². The fourth-order valence-electron chi connectivity index (χ4n) is 3.61. The highest BCUT2D eigenvalue weighted by Gasteiger charge is 2.21. The van der Waals surface area contributed by atoms with Gasteiger partial charge >= 0.3 is 5.97 Å². The number of nitrogens with two attached hydrogens (primary N) is 1. The monoisotopic (exact) mass is 368 g/mol. The van der Waals surface area contributed by atoms with E-state index in [9.17, 15) is 9.59 Å². The van der Waals surface area contributed by atoms with Crippen LogP contribution in [-0.4, -0.2) is 40.0 Å². The van der Waals surface area contributed by atoms with Crippen LogP contribution in [0.1, 0.15) is 41.1 Å². The first kappa shape index (κ1) is 18.8. The number of anilines is 1. The number of amides is 1. The molecule has 3 rings (SSSR count). The first-order valence-corrected chi connectivity index (χ1v) is 9.07. The Bertz CT molecular complexity index is 856. The zero-order valence-electron chi connectivity index (χ0n) is 15.6. The number of piperidine rings is 1. The van der Waals surface area contributed by atoms with E-state index in [-0.39, 0.29) is 18.0 Å². The van der Waals surface area contributed by atoms with Gasteiger partial charge in [-0.2, -0.15) is 0 Å². The zero-order valence-corrected chi connectivity index (χ0v) is 15.6. The quantitative estimate of drug-likeness (QED) is 0.839. The summed E-state index contributed by atoms with van der Waals surface area (Å²) in [7, 11) is 0. The third-order valence-corrected chi connectivity index (χ3v) is 5.06. The first-order chi connectivity index (χ1) is 12.8. The average molecular weight is 368 g/mol. The van der Waals surface area contributed by atoms with Crippen molar-refractivity contribution < 1.29 is 14.7 Å². The van der Waals surface area contributed by atoms with Crippen molar-refractivity contribution in [3.05, 3.63) is 41.3 Å². The molecule has 1 amide bonds. The molecular weight excluding hydrogens is 344 g/mol. The SMILES string of the molecule is Cc1nc(C)c(-c2ccc(N3CCC(CC(=O)O)CC3)cc2)nc1C(N)=O. The molecule has 1 aromatic carbocycles. The van der Waals surface area contributed by atoms with Gasteiger partial charge in [0.25, 0.3) is 5.91 Å². The van der Waals surface area contributed by atoms with Crippen LogP contribution in [-0.2, 0) is 4.79 Å². The number of carbonyl (C=O) groups is 2. The number of carbonyl (C=O) groups excluding carboxylic acids is 1. The number of rotatable bonds is 5. The summed E-state index contributed by atoms with van der Waals surface area (Å²) in [6.45, 7) is 5.29. The van der Waals surface area contributed by atoms with E-state index in [1.807, 2.05) is 31.2 Å². The molecule has 1 aliphatic heterocycles. The Balaban J connectivity index is 1.76. The van der Waals surface area contributed by atoms with Crippen molar-refractivity contribution in [1.82, 2.24) is 9.97 Å². The Hall–Kier alpha value is -2.96. The van der Waals surface area contributed by atoms with Crippen LogP contribution in [0.2, 0.25) is 0 Å². The van der Waals surface area contributed by atoms with Crippen molar-refractivity contribution in [2.75, 3.05) is 18.0 Å². The Morgan fingerprint density at radius 2 is 1.74 bits per heavy atom. The number of aliphatic carboxylic acids is 1. The van der Waals surface area contributed by atoms with Gasteiger partial charge in [0.1, 0.15) is 5.69 Å². The van der Waals surface area contributed by atoms with Gasteiger partial charge in [-0.15, -0.1) is 0 Å². The van der Waals surface area contributed by atoms with Gasteiger partial charge in [-0.1, -0.05) is 12.1 Å². The van der Waals surface area contributed by atoms with Gasteiger partial charge in [0.15, 0.2) is 0 Å². The van der Waals surface area contributed by atoms with E-state index in [1.54, 1.807) is 6.92 Å². The summed E-state index contributed by atoms with van der Waals surface area (Å²) in [6, 6.07) is 7.99. The second kappa shape index (κ2) is 7.73. The van der Waals surface area contributed by atoms with E-state index in [4.69, 9.17) is 10.8 Å². The minimum Gasteiger partial charge on any atom is -0.481 e. The predicted molar refractivity (Wildman–Crippen MR) is 103 cm³/mol. The van der Waals surface area contributed by atoms with E-state index in [0.29, 0.717) is 11.4 Å². The molecular formula is C20H24N4O3. The number of nitrogens with zero attached hydrogens (tertiary/aromatic N) is 3. The molecule has 0 bridgehead atoms. The minimum atomic E-state index is -0.720. The Labute approximate surface area is 158 Å². The van der Waals surface area contributed by atoms with Crippen LogP contribution < -0.4 is 10.6 Å². The lowest BCUT2D eigenvalue weighted by Gasteiger charge is -2.33. The maximum Gasteiger partial charge on any atom is 0.303 e. The highest BCUT2D eigenvalue weighted by molar-refractivity contribution is 5.92. The second-order valence-electron chi connectivity index (χ2n) is 7.03. The molecule has 142 valence electrons. The molecule has 2 aromatic rings. The highest BCUT2D eigenvalue weighted by Crippen LogP contribution is 2.28. The number of carboxylic acid groups (broad SMARTS) is 1. The Kier molecular flexibility index (Phi) is 5.39. The summed E-state index contributed by atoms with van der Waals surface area (Å²) in [6.07, 6.45) is 2.03. The highest BCUT2D eigenvalue weighted by atomic mass is 16.4. The first-order valence-electron chi connectivity index (χ1n) is 9.07. The van der Waals surface area contributed by atoms with Crippen molar-refractivity contribution in [1.29, 1.82) is 0 Å². The van der Waals surface area contributed by atoms with Gasteiger partial charge in [0, 0.05) is 30.8 Å². The maximum atomic E-state index is 11.5. The molecule has 7 heteroatoms. The van der Waals surface area contributed by atoms with E-state index in [0.717, 1.165) is 42.9 Å². The maximum absolute atomic E-state index is 11.5. The molecule has 27 heavy (non-hydrogen) atoms. The number of aryl methyl sites for hydroxylation is 2. The number of hydrogen-bond donors (Lipinski definition) is 2. The number of benzene rings is 1. The summed E-state index contributed by atoms with van der Waals surface area (Å²) in [5.41, 5.74) is 9.50. The smallest absolute Gasteiger partial charge is 0.303 e. The van der Waals surface area contributed by atoms with E-state index in [1.165, 1.54) is 0 Å². The second-order valence-corrected chi connectivity index (χ2v) is 7.03. The van der Waals surface area contributed by atoms with Crippen LogP contribution in [0.3, 0.4) is 0 Å². The standard InChI is InChI=1S/C20H24N4O3/c1-12-18(23-19(20(21)27)13(2)22-12)15-3-5-16(6-4-15)24-9-7-14(8-10-24)11-17(25)26/h3-6,14H,7-11H2,1-2H3,(H2,21,27)(H,25,26). The fourth-order valence-corrected chi connectivity index (χ4v) is 3.61. The molecule has 0 saturated carbocycles. The molecule has 0 aliphatic carbocycles. The molecule has 7 nitrogen and oxygen atoms in total. The summed E-state index contributed by atoms with van der Waals surface area (Å²) in [5, 5.41) is 8.93. The van der Waals surface area contributed by atoms with Crippen LogP contribution in [0.5, 0.6) is 0 Å². The third kappa shape index (κ3) is 4.24. The molecule has 1 aromatic heterocycles. The van der Waals surface area contributed by atoms with Gasteiger partial charge in [-0.3, -0.25) is 14.6 Å². The molecule has 2 heterocycles. The van der Waals surface area contributed by atoms with Crippen molar-refractivity contribution in [2.45, 2.75) is 33.1 Å². The topological polar surface area (TPSA) is 109 Å². The van der Waals surface area contributed by atoms with Crippen molar-refractivity contribution in [3.63, 3.8) is 0 Å². The summed E-state index contributed by atoms with van der Waals surface area (Å²) in [5.74, 6) is -1.04. The van der Waals surface area contributed by atoms with Crippen molar-refractivity contribution in [2.24, 2.45) is 11.7 Å². The van der Waals surface area contributed by atoms with Gasteiger partial charge in [-0.05, 0) is 44.7 Å². The lowest BCUT2D eigenvalue weighted by molar-refractivity contribution is -0.138. The van der Waals surface area contributed by atoms with Crippen molar-refractivity contribution >= 4 is 17.6 Å². The lowest BCUT2D eigenvalue weighted by atomic mass is 9.93. The molecule has 0 unspecified atom stereocenters. The molecule has 1 saturated heterocycles. The van der Waals surface area contributed by atoms with Crippen molar-refractivity contribution in [3.8, 4) is 11.3 Å². The number of aromatic nitrogens is 2. The van der Waals surface area contributed by atoms with E-state index < -0.39 is 11.9 Å². The summed E-state index contributed by atoms with van der Waals surface area (Å²) < 4.78 is 0. The van der Waals surface area contributed by atoms with Crippen LogP contribution in [0, 0.1) is 19.8 Å². The molecule has 3 N–H and O–H groups in total. The molecule has 0 atom stereocenters. The van der Waals surface area contributed by atoms with Gasteiger partial charge in [0.2, 0.25) is 0 Å². The normalized spacial score (nSPS) is 15.0.